The Morgan fingerprint density at radius 2 is 1.93 bits per heavy atom. The lowest BCUT2D eigenvalue weighted by Gasteiger charge is -2.38. The van der Waals surface area contributed by atoms with E-state index >= 15 is 0 Å². The van der Waals surface area contributed by atoms with Crippen molar-refractivity contribution in [1.29, 1.82) is 0 Å². The third-order valence-corrected chi connectivity index (χ3v) is 6.93. The van der Waals surface area contributed by atoms with Crippen LogP contribution >= 0.6 is 11.3 Å². The smallest absolute Gasteiger partial charge is 0.315 e. The summed E-state index contributed by atoms with van der Waals surface area (Å²) < 4.78 is 0. The van der Waals surface area contributed by atoms with Crippen molar-refractivity contribution in [3.63, 3.8) is 0 Å². The van der Waals surface area contributed by atoms with Crippen LogP contribution in [0, 0.1) is 0 Å². The predicted octanol–water partition coefficient (Wildman–Crippen LogP) is 2.53. The van der Waals surface area contributed by atoms with E-state index in [4.69, 9.17) is 0 Å². The van der Waals surface area contributed by atoms with Gasteiger partial charge in [-0.3, -0.25) is 4.90 Å². The molecule has 0 unspecified atom stereocenters. The van der Waals surface area contributed by atoms with Crippen LogP contribution in [0.15, 0.2) is 35.7 Å². The SMILES string of the molecule is CN1CCN([C@H](CNC(=O)NCc2cccs2)c2ccc3c(c2)CCN3C)CC1. The fourth-order valence-electron chi connectivity index (χ4n) is 4.22. The van der Waals surface area contributed by atoms with Crippen LogP contribution in [0.3, 0.4) is 0 Å². The highest BCUT2D eigenvalue weighted by Crippen LogP contribution is 2.31. The zero-order valence-corrected chi connectivity index (χ0v) is 18.2. The molecule has 0 aliphatic carbocycles. The van der Waals surface area contributed by atoms with E-state index in [1.165, 1.54) is 21.7 Å². The Balaban J connectivity index is 1.43. The average molecular weight is 414 g/mol. The van der Waals surface area contributed by atoms with Crippen LogP contribution in [0.25, 0.3) is 0 Å². The molecule has 2 aliphatic rings. The van der Waals surface area contributed by atoms with Crippen molar-refractivity contribution in [2.24, 2.45) is 0 Å². The van der Waals surface area contributed by atoms with Crippen molar-refractivity contribution in [2.75, 3.05) is 58.3 Å². The summed E-state index contributed by atoms with van der Waals surface area (Å²) in [6.07, 6.45) is 1.10. The highest BCUT2D eigenvalue weighted by Gasteiger charge is 2.26. The maximum atomic E-state index is 12.4. The van der Waals surface area contributed by atoms with E-state index in [1.807, 2.05) is 17.5 Å². The number of hydrogen-bond donors (Lipinski definition) is 2. The van der Waals surface area contributed by atoms with Gasteiger partial charge in [0.2, 0.25) is 0 Å². The Morgan fingerprint density at radius 3 is 2.69 bits per heavy atom. The van der Waals surface area contributed by atoms with E-state index in [-0.39, 0.29) is 12.1 Å². The van der Waals surface area contributed by atoms with Crippen LogP contribution in [0.2, 0.25) is 0 Å². The topological polar surface area (TPSA) is 50.9 Å². The number of anilines is 1. The summed E-state index contributed by atoms with van der Waals surface area (Å²) in [6.45, 7) is 6.46. The Labute approximate surface area is 177 Å². The van der Waals surface area contributed by atoms with Gasteiger partial charge in [-0.25, -0.2) is 4.79 Å². The fourth-order valence-corrected chi connectivity index (χ4v) is 4.86. The van der Waals surface area contributed by atoms with Gasteiger partial charge in [0.1, 0.15) is 0 Å². The number of carbonyl (C=O) groups excluding carboxylic acids is 1. The monoisotopic (exact) mass is 413 g/mol. The number of rotatable bonds is 6. The van der Waals surface area contributed by atoms with Crippen molar-refractivity contribution in [3.8, 4) is 0 Å². The molecule has 3 heterocycles. The zero-order valence-electron chi connectivity index (χ0n) is 17.4. The van der Waals surface area contributed by atoms with Gasteiger partial charge < -0.3 is 20.4 Å². The minimum atomic E-state index is -0.0987. The number of fused-ring (bicyclic) bond motifs is 1. The maximum Gasteiger partial charge on any atom is 0.315 e. The van der Waals surface area contributed by atoms with E-state index in [1.54, 1.807) is 11.3 Å². The first-order valence-corrected chi connectivity index (χ1v) is 11.3. The van der Waals surface area contributed by atoms with Gasteiger partial charge >= 0.3 is 6.03 Å². The van der Waals surface area contributed by atoms with Gasteiger partial charge in [-0.15, -0.1) is 11.3 Å². The molecule has 0 radical (unpaired) electrons. The Bertz CT molecular complexity index is 817. The maximum absolute atomic E-state index is 12.4. The van der Waals surface area contributed by atoms with E-state index in [2.05, 4.69) is 57.6 Å². The molecule has 4 rings (SSSR count). The molecule has 29 heavy (non-hydrogen) atoms. The first-order chi connectivity index (χ1) is 14.1. The molecule has 6 nitrogen and oxygen atoms in total. The summed E-state index contributed by atoms with van der Waals surface area (Å²) in [7, 11) is 4.33. The molecule has 2 aromatic rings. The van der Waals surface area contributed by atoms with Gasteiger partial charge in [0.05, 0.1) is 12.6 Å². The number of amides is 2. The van der Waals surface area contributed by atoms with Gasteiger partial charge in [-0.1, -0.05) is 18.2 Å². The molecule has 2 N–H and O–H groups in total. The lowest BCUT2D eigenvalue weighted by Crippen LogP contribution is -2.49. The van der Waals surface area contributed by atoms with E-state index < -0.39 is 0 Å². The fraction of sp³-hybridized carbons (Fsp3) is 0.500. The molecule has 0 spiro atoms. The standard InChI is InChI=1S/C22H31N5OS/c1-25-9-11-27(12-10-25)21(16-24-22(28)23-15-19-4-3-13-29-19)17-5-6-20-18(14-17)7-8-26(20)2/h3-6,13-14,21H,7-12,15-16H2,1-2H3,(H2,23,24,28)/t21-/m1/s1. The van der Waals surface area contributed by atoms with Crippen molar-refractivity contribution < 1.29 is 4.79 Å². The minimum Gasteiger partial charge on any atom is -0.374 e. The lowest BCUT2D eigenvalue weighted by molar-refractivity contribution is 0.111. The number of benzene rings is 1. The zero-order chi connectivity index (χ0) is 20.2. The molecule has 0 saturated carbocycles. The van der Waals surface area contributed by atoms with Crippen LogP contribution in [0.5, 0.6) is 0 Å². The van der Waals surface area contributed by atoms with Crippen LogP contribution in [0.4, 0.5) is 10.5 Å². The highest BCUT2D eigenvalue weighted by atomic mass is 32.1. The second kappa shape index (κ2) is 9.15. The molecule has 156 valence electrons. The summed E-state index contributed by atoms with van der Waals surface area (Å²) in [6, 6.07) is 11.0. The summed E-state index contributed by atoms with van der Waals surface area (Å²) in [4.78, 5) is 20.8. The number of carbonyl (C=O) groups is 1. The van der Waals surface area contributed by atoms with Crippen LogP contribution in [-0.2, 0) is 13.0 Å². The van der Waals surface area contributed by atoms with E-state index in [9.17, 15) is 4.79 Å². The van der Waals surface area contributed by atoms with Gasteiger partial charge in [-0.05, 0) is 42.1 Å². The largest absolute Gasteiger partial charge is 0.374 e. The number of nitrogens with zero attached hydrogens (tertiary/aromatic N) is 3. The predicted molar refractivity (Wildman–Crippen MR) is 120 cm³/mol. The first kappa shape index (κ1) is 20.2. The normalized spacial score (nSPS) is 18.5. The number of hydrogen-bond acceptors (Lipinski definition) is 5. The molecule has 1 atom stereocenters. The summed E-state index contributed by atoms with van der Waals surface area (Å²) in [5.74, 6) is 0. The summed E-state index contributed by atoms with van der Waals surface area (Å²) in [5.41, 5.74) is 4.07. The second-order valence-electron chi connectivity index (χ2n) is 8.06. The van der Waals surface area contributed by atoms with Gasteiger partial charge in [0.15, 0.2) is 0 Å². The third kappa shape index (κ3) is 4.91. The Hall–Kier alpha value is -2.09. The lowest BCUT2D eigenvalue weighted by atomic mass is 10.00. The van der Waals surface area contributed by atoms with Gasteiger partial charge in [0, 0.05) is 56.9 Å². The molecule has 0 bridgehead atoms. The quantitative estimate of drug-likeness (QED) is 0.764. The molecule has 2 aliphatic heterocycles. The van der Waals surface area contributed by atoms with E-state index in [0.717, 1.165) is 39.1 Å². The molecule has 1 saturated heterocycles. The first-order valence-electron chi connectivity index (χ1n) is 10.4. The highest BCUT2D eigenvalue weighted by molar-refractivity contribution is 7.09. The van der Waals surface area contributed by atoms with Crippen LogP contribution < -0.4 is 15.5 Å². The number of thiophene rings is 1. The van der Waals surface area contributed by atoms with Gasteiger partial charge in [0.25, 0.3) is 0 Å². The van der Waals surface area contributed by atoms with Crippen LogP contribution in [0.1, 0.15) is 22.0 Å². The molecular weight excluding hydrogens is 382 g/mol. The van der Waals surface area contributed by atoms with Gasteiger partial charge in [-0.2, -0.15) is 0 Å². The van der Waals surface area contributed by atoms with Crippen molar-refractivity contribution >= 4 is 23.1 Å². The Morgan fingerprint density at radius 1 is 1.10 bits per heavy atom. The number of piperazine rings is 1. The summed E-state index contributed by atoms with van der Waals surface area (Å²) >= 11 is 1.66. The van der Waals surface area contributed by atoms with E-state index in [0.29, 0.717) is 13.1 Å². The molecular formula is C22H31N5OS. The third-order valence-electron chi connectivity index (χ3n) is 6.05. The molecule has 1 aromatic heterocycles. The average Bonchev–Trinajstić information content (AvgIpc) is 3.38. The number of likely N-dealkylation sites (N-methyl/N-ethyl adjacent to an activating group) is 2. The molecule has 2 amide bonds. The van der Waals surface area contributed by atoms with Crippen molar-refractivity contribution in [2.45, 2.75) is 19.0 Å². The minimum absolute atomic E-state index is 0.0987. The molecule has 7 heteroatoms. The molecule has 1 fully saturated rings. The number of urea groups is 1. The van der Waals surface area contributed by atoms with Crippen molar-refractivity contribution in [1.82, 2.24) is 20.4 Å². The molecule has 1 aromatic carbocycles. The summed E-state index contributed by atoms with van der Waals surface area (Å²) in [5, 5.41) is 8.13. The van der Waals surface area contributed by atoms with Crippen molar-refractivity contribution in [3.05, 3.63) is 51.7 Å². The second-order valence-corrected chi connectivity index (χ2v) is 9.09. The van der Waals surface area contributed by atoms with Crippen LogP contribution in [-0.4, -0.2) is 69.2 Å². The number of nitrogens with one attached hydrogen (secondary N) is 2. The Kier molecular flexibility index (Phi) is 6.37.